The maximum atomic E-state index is 13.2. The Bertz CT molecular complexity index is 837. The van der Waals surface area contributed by atoms with Gasteiger partial charge in [-0.25, -0.2) is 0 Å². The van der Waals surface area contributed by atoms with Crippen molar-refractivity contribution in [2.24, 2.45) is 0 Å². The van der Waals surface area contributed by atoms with Crippen LogP contribution >= 0.6 is 0 Å². The van der Waals surface area contributed by atoms with E-state index in [0.29, 0.717) is 19.3 Å². The Labute approximate surface area is 362 Å². The highest BCUT2D eigenvalue weighted by atomic mass is 16.5. The Kier molecular flexibility index (Phi) is 46.0. The molecule has 0 saturated carbocycles. The number of aliphatic hydroxyl groups is 2. The van der Waals surface area contributed by atoms with Gasteiger partial charge in [0.1, 0.15) is 6.10 Å². The molecule has 0 saturated heterocycles. The normalized spacial score (nSPS) is 13.1. The molecule has 0 aliphatic carbocycles. The van der Waals surface area contributed by atoms with E-state index in [1.54, 1.807) is 0 Å². The zero-order chi connectivity index (χ0) is 42.4. The van der Waals surface area contributed by atoms with E-state index in [1.165, 1.54) is 212 Å². The van der Waals surface area contributed by atoms with Gasteiger partial charge in [-0.3, -0.25) is 9.59 Å². The van der Waals surface area contributed by atoms with Gasteiger partial charge in [0.15, 0.2) is 0 Å². The monoisotopic (exact) mass is 822 g/mol. The average Bonchev–Trinajstić information content (AvgIpc) is 3.22. The number of esters is 1. The van der Waals surface area contributed by atoms with Gasteiger partial charge in [-0.2, -0.15) is 0 Å². The first kappa shape index (κ1) is 56.9. The summed E-state index contributed by atoms with van der Waals surface area (Å²) >= 11 is 0. The Balaban J connectivity index is 4.39. The molecule has 6 nitrogen and oxygen atoms in total. The standard InChI is InChI=1S/C52H103NO5/c1-4-7-10-13-16-19-21-23-25-27-29-32-35-38-41-44-50(55)49(47-54)53-51(56)46-48(43-40-37-34-31-18-15-12-9-6-3)58-52(57)45-42-39-36-33-30-28-26-24-22-20-17-14-11-8-5-2/h48-50,54-55H,4-47H2,1-3H3,(H,53,56). The minimum atomic E-state index is -0.778. The fourth-order valence-corrected chi connectivity index (χ4v) is 8.43. The van der Waals surface area contributed by atoms with Crippen molar-refractivity contribution in [3.63, 3.8) is 0 Å². The van der Waals surface area contributed by atoms with Gasteiger partial charge >= 0.3 is 5.97 Å². The van der Waals surface area contributed by atoms with E-state index in [0.717, 1.165) is 38.5 Å². The zero-order valence-corrected chi connectivity index (χ0v) is 39.5. The third kappa shape index (κ3) is 41.6. The summed E-state index contributed by atoms with van der Waals surface area (Å²) in [5.74, 6) is -0.453. The molecule has 0 aromatic carbocycles. The van der Waals surface area contributed by atoms with Crippen molar-refractivity contribution < 1.29 is 24.5 Å². The third-order valence-electron chi connectivity index (χ3n) is 12.4. The first-order valence-corrected chi connectivity index (χ1v) is 26.3. The Morgan fingerprint density at radius 2 is 0.724 bits per heavy atom. The summed E-state index contributed by atoms with van der Waals surface area (Å²) in [6.45, 7) is 6.50. The lowest BCUT2D eigenvalue weighted by molar-refractivity contribution is -0.151. The smallest absolute Gasteiger partial charge is 0.306 e. The second-order valence-corrected chi connectivity index (χ2v) is 18.3. The van der Waals surface area contributed by atoms with Gasteiger partial charge in [0.25, 0.3) is 0 Å². The molecule has 3 N–H and O–H groups in total. The summed E-state index contributed by atoms with van der Waals surface area (Å²) < 4.78 is 5.92. The molecule has 0 bridgehead atoms. The molecule has 0 fully saturated rings. The lowest BCUT2D eigenvalue weighted by Gasteiger charge is -2.24. The maximum absolute atomic E-state index is 13.2. The number of hydrogen-bond donors (Lipinski definition) is 3. The highest BCUT2D eigenvalue weighted by molar-refractivity contribution is 5.77. The quantitative estimate of drug-likeness (QED) is 0.0420. The molecule has 1 amide bonds. The van der Waals surface area contributed by atoms with Crippen molar-refractivity contribution in [2.75, 3.05) is 6.61 Å². The molecule has 0 radical (unpaired) electrons. The molecule has 3 atom stereocenters. The van der Waals surface area contributed by atoms with E-state index in [1.807, 2.05) is 0 Å². The van der Waals surface area contributed by atoms with Crippen LogP contribution in [-0.2, 0) is 14.3 Å². The van der Waals surface area contributed by atoms with Crippen LogP contribution in [0.25, 0.3) is 0 Å². The van der Waals surface area contributed by atoms with Crippen molar-refractivity contribution in [3.8, 4) is 0 Å². The summed E-state index contributed by atoms with van der Waals surface area (Å²) in [7, 11) is 0. The predicted octanol–water partition coefficient (Wildman–Crippen LogP) is 15.6. The van der Waals surface area contributed by atoms with Crippen molar-refractivity contribution >= 4 is 11.9 Å². The number of nitrogens with one attached hydrogen (secondary N) is 1. The van der Waals surface area contributed by atoms with Gasteiger partial charge in [0, 0.05) is 6.42 Å². The molecule has 0 aromatic heterocycles. The van der Waals surface area contributed by atoms with Crippen molar-refractivity contribution in [3.05, 3.63) is 0 Å². The third-order valence-corrected chi connectivity index (χ3v) is 12.4. The second kappa shape index (κ2) is 46.9. The van der Waals surface area contributed by atoms with Gasteiger partial charge < -0.3 is 20.3 Å². The average molecular weight is 822 g/mol. The zero-order valence-electron chi connectivity index (χ0n) is 39.5. The lowest BCUT2D eigenvalue weighted by atomic mass is 10.0. The highest BCUT2D eigenvalue weighted by Crippen LogP contribution is 2.19. The molecule has 0 rings (SSSR count). The Morgan fingerprint density at radius 3 is 1.05 bits per heavy atom. The van der Waals surface area contributed by atoms with Crippen LogP contribution in [0, 0.1) is 0 Å². The van der Waals surface area contributed by atoms with Crippen LogP contribution in [0.1, 0.15) is 297 Å². The van der Waals surface area contributed by atoms with Crippen molar-refractivity contribution in [1.82, 2.24) is 5.32 Å². The first-order chi connectivity index (χ1) is 28.5. The van der Waals surface area contributed by atoms with Crippen LogP contribution in [0.15, 0.2) is 0 Å². The van der Waals surface area contributed by atoms with Crippen molar-refractivity contribution in [2.45, 2.75) is 315 Å². The molecule has 0 spiro atoms. The van der Waals surface area contributed by atoms with Crippen LogP contribution < -0.4 is 5.32 Å². The number of rotatable bonds is 48. The summed E-state index contributed by atoms with van der Waals surface area (Å²) in [5.41, 5.74) is 0. The first-order valence-electron chi connectivity index (χ1n) is 26.3. The van der Waals surface area contributed by atoms with Gasteiger partial charge in [-0.05, 0) is 25.7 Å². The van der Waals surface area contributed by atoms with E-state index in [2.05, 4.69) is 26.1 Å². The molecule has 346 valence electrons. The second-order valence-electron chi connectivity index (χ2n) is 18.3. The number of hydrogen-bond acceptors (Lipinski definition) is 5. The van der Waals surface area contributed by atoms with Gasteiger partial charge in [0.05, 0.1) is 25.2 Å². The number of carbonyl (C=O) groups excluding carboxylic acids is 2. The highest BCUT2D eigenvalue weighted by Gasteiger charge is 2.24. The topological polar surface area (TPSA) is 95.9 Å². The molecule has 6 heteroatoms. The SMILES string of the molecule is CCCCCCCCCCCCCCCCCC(=O)OC(CCCCCCCCCCC)CC(=O)NC(CO)C(O)CCCCCCCCCCCCCCCCC. The van der Waals surface area contributed by atoms with Crippen LogP contribution in [0.4, 0.5) is 0 Å². The van der Waals surface area contributed by atoms with E-state index in [4.69, 9.17) is 4.74 Å². The molecule has 0 aromatic rings. The molecule has 58 heavy (non-hydrogen) atoms. The summed E-state index contributed by atoms with van der Waals surface area (Å²) in [4.78, 5) is 26.1. The molecular formula is C52H103NO5. The molecule has 0 aliphatic rings. The number of ether oxygens (including phenoxy) is 1. The molecule has 0 aliphatic heterocycles. The molecule has 3 unspecified atom stereocenters. The fourth-order valence-electron chi connectivity index (χ4n) is 8.43. The minimum absolute atomic E-state index is 0.0871. The van der Waals surface area contributed by atoms with Crippen LogP contribution in [0.2, 0.25) is 0 Å². The van der Waals surface area contributed by atoms with Gasteiger partial charge in [0.2, 0.25) is 5.91 Å². The van der Waals surface area contributed by atoms with Crippen LogP contribution in [0.3, 0.4) is 0 Å². The van der Waals surface area contributed by atoms with Gasteiger partial charge in [-0.15, -0.1) is 0 Å². The fraction of sp³-hybridized carbons (Fsp3) is 0.962. The summed E-state index contributed by atoms with van der Waals surface area (Å²) in [5, 5.41) is 23.8. The lowest BCUT2D eigenvalue weighted by Crippen LogP contribution is -2.46. The van der Waals surface area contributed by atoms with E-state index in [9.17, 15) is 19.8 Å². The Morgan fingerprint density at radius 1 is 0.431 bits per heavy atom. The minimum Gasteiger partial charge on any atom is -0.462 e. The number of aliphatic hydroxyl groups excluding tert-OH is 2. The Hall–Kier alpha value is -1.14. The molecular weight excluding hydrogens is 719 g/mol. The molecule has 0 heterocycles. The summed E-state index contributed by atoms with van der Waals surface area (Å²) in [6.07, 6.45) is 50.2. The van der Waals surface area contributed by atoms with Crippen molar-refractivity contribution in [1.29, 1.82) is 0 Å². The summed E-state index contributed by atoms with van der Waals surface area (Å²) in [6, 6.07) is -0.691. The predicted molar refractivity (Wildman–Crippen MR) is 250 cm³/mol. The van der Waals surface area contributed by atoms with Gasteiger partial charge in [-0.1, -0.05) is 258 Å². The van der Waals surface area contributed by atoms with Crippen LogP contribution in [-0.4, -0.2) is 46.9 Å². The number of carbonyl (C=O) groups is 2. The van der Waals surface area contributed by atoms with E-state index >= 15 is 0 Å². The number of amides is 1. The van der Waals surface area contributed by atoms with E-state index < -0.39 is 18.2 Å². The van der Waals surface area contributed by atoms with Crippen LogP contribution in [0.5, 0.6) is 0 Å². The number of unbranched alkanes of at least 4 members (excludes halogenated alkanes) is 36. The maximum Gasteiger partial charge on any atom is 0.306 e. The van der Waals surface area contributed by atoms with E-state index in [-0.39, 0.29) is 24.9 Å². The largest absolute Gasteiger partial charge is 0.462 e.